The first kappa shape index (κ1) is 15.4. The predicted molar refractivity (Wildman–Crippen MR) is 71.8 cm³/mol. The first-order chi connectivity index (χ1) is 9.70. The molecule has 0 bridgehead atoms. The molecular formula is C11H12ClF3N6. The van der Waals surface area contributed by atoms with Crippen LogP contribution in [0.25, 0.3) is 0 Å². The SMILES string of the molecule is CN(Cc1cn(C)nc1C(F)(F)F)c1ncnc(N)c1Cl. The van der Waals surface area contributed by atoms with E-state index < -0.39 is 11.9 Å². The molecule has 0 aliphatic heterocycles. The fourth-order valence-electron chi connectivity index (χ4n) is 1.86. The number of aromatic nitrogens is 4. The predicted octanol–water partition coefficient (Wildman–Crippen LogP) is 2.10. The van der Waals surface area contributed by atoms with Crippen molar-refractivity contribution >= 4 is 23.2 Å². The number of hydrogen-bond donors (Lipinski definition) is 1. The number of alkyl halides is 3. The maximum absolute atomic E-state index is 12.9. The first-order valence-corrected chi connectivity index (χ1v) is 6.14. The van der Waals surface area contributed by atoms with Gasteiger partial charge in [0.25, 0.3) is 0 Å². The van der Waals surface area contributed by atoms with E-state index >= 15 is 0 Å². The van der Waals surface area contributed by atoms with E-state index in [1.807, 2.05) is 0 Å². The van der Waals surface area contributed by atoms with Gasteiger partial charge in [-0.05, 0) is 0 Å². The van der Waals surface area contributed by atoms with Crippen molar-refractivity contribution in [1.82, 2.24) is 19.7 Å². The Labute approximate surface area is 123 Å². The van der Waals surface area contributed by atoms with Crippen molar-refractivity contribution in [3.05, 3.63) is 28.8 Å². The topological polar surface area (TPSA) is 72.9 Å². The number of hydrogen-bond acceptors (Lipinski definition) is 5. The Bertz CT molecular complexity index is 654. The Morgan fingerprint density at radius 1 is 1.38 bits per heavy atom. The van der Waals surface area contributed by atoms with Gasteiger partial charge in [0.1, 0.15) is 17.2 Å². The van der Waals surface area contributed by atoms with E-state index in [-0.39, 0.29) is 28.8 Å². The highest BCUT2D eigenvalue weighted by Gasteiger charge is 2.37. The van der Waals surface area contributed by atoms with Gasteiger partial charge in [0, 0.05) is 32.4 Å². The second-order valence-electron chi connectivity index (χ2n) is 4.43. The van der Waals surface area contributed by atoms with Crippen LogP contribution in [0.3, 0.4) is 0 Å². The van der Waals surface area contributed by atoms with Crippen LogP contribution in [0.5, 0.6) is 0 Å². The molecule has 2 aromatic rings. The molecule has 0 aliphatic carbocycles. The molecule has 21 heavy (non-hydrogen) atoms. The largest absolute Gasteiger partial charge is 0.435 e. The van der Waals surface area contributed by atoms with Crippen molar-refractivity contribution in [1.29, 1.82) is 0 Å². The second kappa shape index (κ2) is 5.40. The summed E-state index contributed by atoms with van der Waals surface area (Å²) in [5.41, 5.74) is 4.63. The van der Waals surface area contributed by atoms with Gasteiger partial charge in [0.05, 0.1) is 0 Å². The number of rotatable bonds is 3. The highest BCUT2D eigenvalue weighted by atomic mass is 35.5. The molecule has 2 rings (SSSR count). The van der Waals surface area contributed by atoms with Crippen LogP contribution in [0.15, 0.2) is 12.5 Å². The maximum atomic E-state index is 12.9. The van der Waals surface area contributed by atoms with E-state index in [2.05, 4.69) is 15.1 Å². The average Bonchev–Trinajstić information content (AvgIpc) is 2.73. The lowest BCUT2D eigenvalue weighted by Gasteiger charge is -2.19. The van der Waals surface area contributed by atoms with Crippen molar-refractivity contribution in [2.45, 2.75) is 12.7 Å². The zero-order valence-corrected chi connectivity index (χ0v) is 11.9. The van der Waals surface area contributed by atoms with Crippen LogP contribution in [0.1, 0.15) is 11.3 Å². The standard InChI is InChI=1S/C11H12ClF3N6/c1-20(10-7(12)9(16)17-5-18-10)3-6-4-21(2)19-8(6)11(13,14)15/h4-5H,3H2,1-2H3,(H2,16,17,18). The number of halogens is 4. The van der Waals surface area contributed by atoms with Gasteiger partial charge in [-0.1, -0.05) is 11.6 Å². The molecule has 10 heteroatoms. The summed E-state index contributed by atoms with van der Waals surface area (Å²) in [7, 11) is 2.98. The minimum Gasteiger partial charge on any atom is -0.382 e. The molecule has 2 heterocycles. The number of nitrogens with zero attached hydrogens (tertiary/aromatic N) is 5. The van der Waals surface area contributed by atoms with Crippen LogP contribution in [-0.4, -0.2) is 26.8 Å². The third-order valence-electron chi connectivity index (χ3n) is 2.74. The molecule has 2 N–H and O–H groups in total. The summed E-state index contributed by atoms with van der Waals surface area (Å²) < 4.78 is 39.8. The highest BCUT2D eigenvalue weighted by Crippen LogP contribution is 2.32. The van der Waals surface area contributed by atoms with Gasteiger partial charge >= 0.3 is 6.18 Å². The fraction of sp³-hybridized carbons (Fsp3) is 0.364. The van der Waals surface area contributed by atoms with E-state index in [1.54, 1.807) is 7.05 Å². The Morgan fingerprint density at radius 3 is 2.67 bits per heavy atom. The molecule has 0 saturated heterocycles. The molecule has 0 radical (unpaired) electrons. The van der Waals surface area contributed by atoms with Gasteiger partial charge in [-0.25, -0.2) is 9.97 Å². The number of aryl methyl sites for hydroxylation is 1. The second-order valence-corrected chi connectivity index (χ2v) is 4.80. The lowest BCUT2D eigenvalue weighted by atomic mass is 10.2. The molecule has 0 atom stereocenters. The van der Waals surface area contributed by atoms with E-state index in [9.17, 15) is 13.2 Å². The maximum Gasteiger partial charge on any atom is 0.435 e. The number of nitrogens with two attached hydrogens (primary N) is 1. The average molecular weight is 321 g/mol. The lowest BCUT2D eigenvalue weighted by Crippen LogP contribution is -2.21. The Hall–Kier alpha value is -2.03. The van der Waals surface area contributed by atoms with Crippen molar-refractivity contribution in [2.24, 2.45) is 7.05 Å². The third kappa shape index (κ3) is 3.18. The summed E-state index contributed by atoms with van der Waals surface area (Å²) in [6.07, 6.45) is -2.02. The van der Waals surface area contributed by atoms with Crippen molar-refractivity contribution in [3.8, 4) is 0 Å². The highest BCUT2D eigenvalue weighted by molar-refractivity contribution is 6.35. The third-order valence-corrected chi connectivity index (χ3v) is 3.10. The van der Waals surface area contributed by atoms with Crippen molar-refractivity contribution < 1.29 is 13.2 Å². The Balaban J connectivity index is 2.32. The monoisotopic (exact) mass is 320 g/mol. The summed E-state index contributed by atoms with van der Waals surface area (Å²) in [5, 5.41) is 3.54. The number of anilines is 2. The summed E-state index contributed by atoms with van der Waals surface area (Å²) >= 11 is 5.95. The van der Waals surface area contributed by atoms with E-state index in [0.29, 0.717) is 0 Å². The zero-order valence-electron chi connectivity index (χ0n) is 11.2. The summed E-state index contributed by atoms with van der Waals surface area (Å²) in [5.74, 6) is 0.317. The minimum atomic E-state index is -4.52. The molecule has 0 aromatic carbocycles. The molecule has 0 unspecified atom stereocenters. The minimum absolute atomic E-state index is 0.0146. The molecule has 0 fully saturated rings. The molecule has 6 nitrogen and oxygen atoms in total. The van der Waals surface area contributed by atoms with Gasteiger partial charge in [0.2, 0.25) is 0 Å². The van der Waals surface area contributed by atoms with Crippen molar-refractivity contribution in [3.63, 3.8) is 0 Å². The van der Waals surface area contributed by atoms with Crippen LogP contribution >= 0.6 is 11.6 Å². The Morgan fingerprint density at radius 2 is 2.05 bits per heavy atom. The van der Waals surface area contributed by atoms with Gasteiger partial charge < -0.3 is 10.6 Å². The van der Waals surface area contributed by atoms with Gasteiger partial charge in [-0.15, -0.1) is 0 Å². The van der Waals surface area contributed by atoms with Crippen molar-refractivity contribution in [2.75, 3.05) is 17.7 Å². The number of nitrogen functional groups attached to an aromatic ring is 1. The van der Waals surface area contributed by atoms with Crippen LogP contribution < -0.4 is 10.6 Å². The first-order valence-electron chi connectivity index (χ1n) is 5.77. The van der Waals surface area contributed by atoms with Gasteiger partial charge in [-0.2, -0.15) is 18.3 Å². The quantitative estimate of drug-likeness (QED) is 0.937. The normalized spacial score (nSPS) is 11.7. The lowest BCUT2D eigenvalue weighted by molar-refractivity contribution is -0.142. The van der Waals surface area contributed by atoms with E-state index in [4.69, 9.17) is 17.3 Å². The molecule has 0 aliphatic rings. The Kier molecular flexibility index (Phi) is 3.95. The fourth-order valence-corrected chi connectivity index (χ4v) is 2.10. The molecule has 0 amide bonds. The smallest absolute Gasteiger partial charge is 0.382 e. The van der Waals surface area contributed by atoms with Crippen LogP contribution in [0.4, 0.5) is 24.8 Å². The van der Waals surface area contributed by atoms with Crippen LogP contribution in [0.2, 0.25) is 5.02 Å². The molecule has 2 aromatic heterocycles. The van der Waals surface area contributed by atoms with E-state index in [0.717, 1.165) is 4.68 Å². The summed E-state index contributed by atoms with van der Waals surface area (Å²) in [6.45, 7) is -0.0706. The molecule has 0 spiro atoms. The van der Waals surface area contributed by atoms with Crippen LogP contribution in [0, 0.1) is 0 Å². The zero-order chi connectivity index (χ0) is 15.8. The molecule has 114 valence electrons. The van der Waals surface area contributed by atoms with Gasteiger partial charge in [-0.3, -0.25) is 4.68 Å². The summed E-state index contributed by atoms with van der Waals surface area (Å²) in [4.78, 5) is 9.08. The summed E-state index contributed by atoms with van der Waals surface area (Å²) in [6, 6.07) is 0. The molecule has 0 saturated carbocycles. The van der Waals surface area contributed by atoms with Crippen LogP contribution in [-0.2, 0) is 19.8 Å². The molecular weight excluding hydrogens is 309 g/mol. The van der Waals surface area contributed by atoms with E-state index in [1.165, 1.54) is 24.5 Å². The van der Waals surface area contributed by atoms with Gasteiger partial charge in [0.15, 0.2) is 11.5 Å².